The molecule has 96 valence electrons. The number of aliphatic carboxylic acids is 1. The average Bonchev–Trinajstić information content (AvgIpc) is 2.24. The van der Waals surface area contributed by atoms with E-state index >= 15 is 0 Å². The Labute approximate surface area is 104 Å². The highest BCUT2D eigenvalue weighted by molar-refractivity contribution is 5.92. The van der Waals surface area contributed by atoms with E-state index in [1.54, 1.807) is 19.1 Å². The SMILES string of the molecule is CC(=CNC(=O)Nc1cc(C)cc(O)c1)C(=O)O. The van der Waals surface area contributed by atoms with E-state index in [0.717, 1.165) is 11.8 Å². The van der Waals surface area contributed by atoms with Gasteiger partial charge in [-0.3, -0.25) is 0 Å². The first-order valence-electron chi connectivity index (χ1n) is 5.16. The third-order valence-electron chi connectivity index (χ3n) is 2.08. The van der Waals surface area contributed by atoms with Crippen molar-refractivity contribution >= 4 is 17.7 Å². The van der Waals surface area contributed by atoms with Gasteiger partial charge in [-0.2, -0.15) is 0 Å². The molecule has 0 aromatic heterocycles. The van der Waals surface area contributed by atoms with E-state index in [2.05, 4.69) is 10.6 Å². The normalized spacial score (nSPS) is 10.9. The number of carboxylic acids is 1. The molecule has 0 saturated heterocycles. The number of carboxylic acid groups (broad SMARTS) is 1. The van der Waals surface area contributed by atoms with Gasteiger partial charge < -0.3 is 20.8 Å². The molecule has 1 aromatic rings. The topological polar surface area (TPSA) is 98.7 Å². The van der Waals surface area contributed by atoms with Gasteiger partial charge in [-0.15, -0.1) is 0 Å². The molecule has 0 unspecified atom stereocenters. The number of aryl methyl sites for hydroxylation is 1. The number of aromatic hydroxyl groups is 1. The highest BCUT2D eigenvalue weighted by Crippen LogP contribution is 2.18. The van der Waals surface area contributed by atoms with Gasteiger partial charge in [0.05, 0.1) is 5.57 Å². The summed E-state index contributed by atoms with van der Waals surface area (Å²) in [5.41, 5.74) is 1.23. The van der Waals surface area contributed by atoms with Gasteiger partial charge in [0.25, 0.3) is 0 Å². The fraction of sp³-hybridized carbons (Fsp3) is 0.167. The van der Waals surface area contributed by atoms with Crippen LogP contribution in [0.25, 0.3) is 0 Å². The molecule has 0 aliphatic carbocycles. The summed E-state index contributed by atoms with van der Waals surface area (Å²) in [6.45, 7) is 3.14. The molecule has 18 heavy (non-hydrogen) atoms. The van der Waals surface area contributed by atoms with E-state index in [1.807, 2.05) is 0 Å². The van der Waals surface area contributed by atoms with Crippen molar-refractivity contribution in [2.24, 2.45) is 0 Å². The number of nitrogens with one attached hydrogen (secondary N) is 2. The molecule has 0 bridgehead atoms. The summed E-state index contributed by atoms with van der Waals surface area (Å²) in [6.07, 6.45) is 1.09. The number of carbonyl (C=O) groups is 2. The van der Waals surface area contributed by atoms with Crippen LogP contribution in [0.4, 0.5) is 10.5 Å². The number of hydrogen-bond donors (Lipinski definition) is 4. The van der Waals surface area contributed by atoms with Crippen LogP contribution in [-0.2, 0) is 4.79 Å². The molecule has 0 radical (unpaired) electrons. The minimum absolute atomic E-state index is 0.0113. The van der Waals surface area contributed by atoms with E-state index in [9.17, 15) is 14.7 Å². The molecule has 6 heteroatoms. The Balaban J connectivity index is 2.65. The van der Waals surface area contributed by atoms with Crippen molar-refractivity contribution in [1.82, 2.24) is 5.32 Å². The lowest BCUT2D eigenvalue weighted by Gasteiger charge is -2.06. The van der Waals surface area contributed by atoms with Gasteiger partial charge in [0.2, 0.25) is 0 Å². The van der Waals surface area contributed by atoms with Crippen LogP contribution >= 0.6 is 0 Å². The van der Waals surface area contributed by atoms with Crippen LogP contribution in [0, 0.1) is 6.92 Å². The maximum Gasteiger partial charge on any atom is 0.332 e. The Kier molecular flexibility index (Phi) is 4.31. The minimum atomic E-state index is -1.11. The number of urea groups is 1. The Morgan fingerprint density at radius 3 is 2.50 bits per heavy atom. The van der Waals surface area contributed by atoms with E-state index in [1.165, 1.54) is 13.0 Å². The summed E-state index contributed by atoms with van der Waals surface area (Å²) in [7, 11) is 0. The number of anilines is 1. The number of amides is 2. The second-order valence-electron chi connectivity index (χ2n) is 3.79. The zero-order valence-electron chi connectivity index (χ0n) is 10.0. The summed E-state index contributed by atoms with van der Waals surface area (Å²) in [4.78, 5) is 21.9. The third kappa shape index (κ3) is 4.17. The monoisotopic (exact) mass is 250 g/mol. The Morgan fingerprint density at radius 1 is 1.28 bits per heavy atom. The number of carbonyl (C=O) groups excluding carboxylic acids is 1. The van der Waals surface area contributed by atoms with E-state index < -0.39 is 12.0 Å². The zero-order chi connectivity index (χ0) is 13.7. The van der Waals surface area contributed by atoms with E-state index in [4.69, 9.17) is 5.11 Å². The first-order valence-corrected chi connectivity index (χ1v) is 5.16. The molecule has 0 atom stereocenters. The van der Waals surface area contributed by atoms with Crippen LogP contribution in [0.15, 0.2) is 30.0 Å². The number of hydrogen-bond acceptors (Lipinski definition) is 3. The van der Waals surface area contributed by atoms with Gasteiger partial charge in [0.15, 0.2) is 0 Å². The molecule has 0 heterocycles. The molecule has 0 spiro atoms. The van der Waals surface area contributed by atoms with Gasteiger partial charge in [0, 0.05) is 18.0 Å². The minimum Gasteiger partial charge on any atom is -0.508 e. The maximum atomic E-state index is 11.4. The van der Waals surface area contributed by atoms with Crippen molar-refractivity contribution in [1.29, 1.82) is 0 Å². The van der Waals surface area contributed by atoms with Crippen LogP contribution in [0.5, 0.6) is 5.75 Å². The third-order valence-corrected chi connectivity index (χ3v) is 2.08. The van der Waals surface area contributed by atoms with Crippen molar-refractivity contribution in [3.63, 3.8) is 0 Å². The van der Waals surface area contributed by atoms with Gasteiger partial charge in [-0.25, -0.2) is 9.59 Å². The van der Waals surface area contributed by atoms with E-state index in [0.29, 0.717) is 5.69 Å². The number of phenols is 1. The summed E-state index contributed by atoms with van der Waals surface area (Å²) >= 11 is 0. The Bertz CT molecular complexity index is 489. The van der Waals surface area contributed by atoms with Gasteiger partial charge >= 0.3 is 12.0 Å². The van der Waals surface area contributed by atoms with Crippen LogP contribution < -0.4 is 10.6 Å². The average molecular weight is 250 g/mol. The quantitative estimate of drug-likeness (QED) is 0.615. The fourth-order valence-corrected chi connectivity index (χ4v) is 1.24. The smallest absolute Gasteiger partial charge is 0.332 e. The predicted octanol–water partition coefficient (Wildman–Crippen LogP) is 1.81. The Hall–Kier alpha value is -2.50. The molecule has 0 saturated carbocycles. The molecular weight excluding hydrogens is 236 g/mol. The Morgan fingerprint density at radius 2 is 1.94 bits per heavy atom. The molecule has 1 rings (SSSR count). The fourth-order valence-electron chi connectivity index (χ4n) is 1.24. The summed E-state index contributed by atoms with van der Waals surface area (Å²) in [6, 6.07) is 4.03. The summed E-state index contributed by atoms with van der Waals surface area (Å²) < 4.78 is 0. The second-order valence-corrected chi connectivity index (χ2v) is 3.79. The van der Waals surface area contributed by atoms with Crippen molar-refractivity contribution < 1.29 is 19.8 Å². The van der Waals surface area contributed by atoms with Crippen molar-refractivity contribution in [2.45, 2.75) is 13.8 Å². The lowest BCUT2D eigenvalue weighted by atomic mass is 10.2. The van der Waals surface area contributed by atoms with Crippen LogP contribution in [-0.4, -0.2) is 22.2 Å². The molecule has 1 aromatic carbocycles. The zero-order valence-corrected chi connectivity index (χ0v) is 10.0. The van der Waals surface area contributed by atoms with Crippen LogP contribution in [0.3, 0.4) is 0 Å². The maximum absolute atomic E-state index is 11.4. The number of rotatable bonds is 3. The number of phenolic OH excluding ortho intramolecular Hbond substituents is 1. The molecule has 0 aliphatic rings. The highest BCUT2D eigenvalue weighted by atomic mass is 16.4. The molecule has 4 N–H and O–H groups in total. The van der Waals surface area contributed by atoms with Crippen molar-refractivity contribution in [2.75, 3.05) is 5.32 Å². The molecule has 6 nitrogen and oxygen atoms in total. The largest absolute Gasteiger partial charge is 0.508 e. The van der Waals surface area contributed by atoms with Crippen LogP contribution in [0.2, 0.25) is 0 Å². The van der Waals surface area contributed by atoms with Gasteiger partial charge in [-0.1, -0.05) is 0 Å². The second kappa shape index (κ2) is 5.72. The van der Waals surface area contributed by atoms with Gasteiger partial charge in [-0.05, 0) is 31.5 Å². The number of benzene rings is 1. The lowest BCUT2D eigenvalue weighted by molar-refractivity contribution is -0.132. The molecule has 0 fully saturated rings. The van der Waals surface area contributed by atoms with Crippen molar-refractivity contribution in [3.8, 4) is 5.75 Å². The van der Waals surface area contributed by atoms with Crippen molar-refractivity contribution in [3.05, 3.63) is 35.5 Å². The standard InChI is InChI=1S/C12H14N2O4/c1-7-3-9(5-10(15)4-7)14-12(18)13-6-8(2)11(16)17/h3-6,15H,1-2H3,(H,16,17)(H2,13,14,18). The van der Waals surface area contributed by atoms with Crippen LogP contribution in [0.1, 0.15) is 12.5 Å². The molecular formula is C12H14N2O4. The lowest BCUT2D eigenvalue weighted by Crippen LogP contribution is -2.24. The molecule has 2 amide bonds. The molecule has 0 aliphatic heterocycles. The van der Waals surface area contributed by atoms with E-state index in [-0.39, 0.29) is 11.3 Å². The first-order chi connectivity index (χ1) is 8.38. The predicted molar refractivity (Wildman–Crippen MR) is 66.4 cm³/mol. The summed E-state index contributed by atoms with van der Waals surface area (Å²) in [5.74, 6) is -1.06. The summed E-state index contributed by atoms with van der Waals surface area (Å²) in [5, 5.41) is 22.7. The first kappa shape index (κ1) is 13.6. The van der Waals surface area contributed by atoms with Gasteiger partial charge in [0.1, 0.15) is 5.75 Å². The highest BCUT2D eigenvalue weighted by Gasteiger charge is 2.04.